The van der Waals surface area contributed by atoms with Gasteiger partial charge in [-0.3, -0.25) is 0 Å². The molecule has 0 N–H and O–H groups in total. The lowest BCUT2D eigenvalue weighted by atomic mass is 10.2. The zero-order valence-electron chi connectivity index (χ0n) is 12.7. The van der Waals surface area contributed by atoms with E-state index in [1.165, 1.54) is 13.2 Å². The van der Waals surface area contributed by atoms with Crippen LogP contribution in [0.3, 0.4) is 0 Å². The van der Waals surface area contributed by atoms with Gasteiger partial charge in [0.15, 0.2) is 0 Å². The van der Waals surface area contributed by atoms with E-state index >= 15 is 0 Å². The number of ether oxygens (including phenoxy) is 2. The Labute approximate surface area is 142 Å². The van der Waals surface area contributed by atoms with E-state index in [-0.39, 0.29) is 5.56 Å². The van der Waals surface area contributed by atoms with Crippen molar-refractivity contribution in [2.45, 2.75) is 6.61 Å². The Hall–Kier alpha value is -2.79. The average molecular weight is 345 g/mol. The van der Waals surface area contributed by atoms with Crippen LogP contribution in [0.25, 0.3) is 11.0 Å². The first kappa shape index (κ1) is 16.1. The average Bonchev–Trinajstić information content (AvgIpc) is 2.59. The molecular weight excluding hydrogens is 332 g/mol. The van der Waals surface area contributed by atoms with E-state index in [9.17, 15) is 9.59 Å². The van der Waals surface area contributed by atoms with Crippen LogP contribution in [0, 0.1) is 0 Å². The Morgan fingerprint density at radius 2 is 2.00 bits per heavy atom. The Morgan fingerprint density at radius 1 is 1.17 bits per heavy atom. The number of rotatable bonds is 4. The maximum atomic E-state index is 11.7. The topological polar surface area (TPSA) is 65.7 Å². The molecule has 0 unspecified atom stereocenters. The van der Waals surface area contributed by atoms with Crippen molar-refractivity contribution in [1.29, 1.82) is 0 Å². The normalized spacial score (nSPS) is 10.6. The van der Waals surface area contributed by atoms with Crippen LogP contribution in [-0.2, 0) is 11.3 Å². The summed E-state index contributed by atoms with van der Waals surface area (Å²) in [4.78, 5) is 23.3. The van der Waals surface area contributed by atoms with E-state index in [1.54, 1.807) is 24.3 Å². The molecule has 0 saturated heterocycles. The number of methoxy groups -OCH3 is 1. The maximum absolute atomic E-state index is 11.7. The molecule has 5 nitrogen and oxygen atoms in total. The zero-order chi connectivity index (χ0) is 17.1. The molecule has 0 spiro atoms. The SMILES string of the molecule is COC(=O)c1cc2cc(OCc3cccc(Cl)c3)ccc2oc1=O. The first-order valence-corrected chi connectivity index (χ1v) is 7.48. The third-order valence-corrected chi connectivity index (χ3v) is 3.64. The van der Waals surface area contributed by atoms with Gasteiger partial charge in [-0.25, -0.2) is 9.59 Å². The molecule has 0 saturated carbocycles. The van der Waals surface area contributed by atoms with Crippen LogP contribution in [0.2, 0.25) is 5.02 Å². The molecule has 0 aliphatic carbocycles. The molecule has 3 aromatic rings. The fourth-order valence-electron chi connectivity index (χ4n) is 2.24. The summed E-state index contributed by atoms with van der Waals surface area (Å²) in [5.74, 6) is -0.164. The second kappa shape index (κ2) is 6.76. The third-order valence-electron chi connectivity index (χ3n) is 3.40. The molecule has 0 bridgehead atoms. The van der Waals surface area contributed by atoms with Crippen LogP contribution in [-0.4, -0.2) is 13.1 Å². The van der Waals surface area contributed by atoms with E-state index in [0.29, 0.717) is 28.3 Å². The van der Waals surface area contributed by atoms with Gasteiger partial charge in [-0.2, -0.15) is 0 Å². The van der Waals surface area contributed by atoms with Crippen LogP contribution in [0.1, 0.15) is 15.9 Å². The lowest BCUT2D eigenvalue weighted by Gasteiger charge is -2.08. The van der Waals surface area contributed by atoms with Gasteiger partial charge < -0.3 is 13.9 Å². The predicted molar refractivity (Wildman–Crippen MR) is 89.6 cm³/mol. The Kier molecular flexibility index (Phi) is 4.53. The lowest BCUT2D eigenvalue weighted by molar-refractivity contribution is 0.0596. The molecule has 0 radical (unpaired) electrons. The molecule has 0 aliphatic rings. The fraction of sp³-hybridized carbons (Fsp3) is 0.111. The highest BCUT2D eigenvalue weighted by Crippen LogP contribution is 2.22. The van der Waals surface area contributed by atoms with Gasteiger partial charge in [0.2, 0.25) is 0 Å². The minimum Gasteiger partial charge on any atom is -0.489 e. The number of carbonyl (C=O) groups excluding carboxylic acids is 1. The smallest absolute Gasteiger partial charge is 0.351 e. The Bertz CT molecular complexity index is 961. The monoisotopic (exact) mass is 344 g/mol. The molecule has 3 rings (SSSR count). The molecule has 1 heterocycles. The van der Waals surface area contributed by atoms with Gasteiger partial charge in [0, 0.05) is 10.4 Å². The van der Waals surface area contributed by atoms with Gasteiger partial charge in [-0.05, 0) is 42.0 Å². The highest BCUT2D eigenvalue weighted by Gasteiger charge is 2.14. The van der Waals surface area contributed by atoms with Crippen molar-refractivity contribution in [2.75, 3.05) is 7.11 Å². The van der Waals surface area contributed by atoms with Crippen LogP contribution >= 0.6 is 11.6 Å². The van der Waals surface area contributed by atoms with Gasteiger partial charge in [0.1, 0.15) is 23.5 Å². The van der Waals surface area contributed by atoms with Crippen LogP contribution in [0.15, 0.2) is 57.7 Å². The number of carbonyl (C=O) groups is 1. The predicted octanol–water partition coefficient (Wildman–Crippen LogP) is 3.81. The fourth-order valence-corrected chi connectivity index (χ4v) is 2.45. The van der Waals surface area contributed by atoms with Crippen molar-refractivity contribution < 1.29 is 18.7 Å². The zero-order valence-corrected chi connectivity index (χ0v) is 13.5. The summed E-state index contributed by atoms with van der Waals surface area (Å²) in [6.45, 7) is 0.340. The Morgan fingerprint density at radius 3 is 2.75 bits per heavy atom. The summed E-state index contributed by atoms with van der Waals surface area (Å²) in [7, 11) is 1.20. The summed E-state index contributed by atoms with van der Waals surface area (Å²) >= 11 is 5.94. The van der Waals surface area contributed by atoms with Crippen molar-refractivity contribution in [3.8, 4) is 5.75 Å². The molecule has 2 aromatic carbocycles. The molecule has 0 amide bonds. The molecule has 6 heteroatoms. The summed E-state index contributed by atoms with van der Waals surface area (Å²) in [6.07, 6.45) is 0. The number of fused-ring (bicyclic) bond motifs is 1. The standard InChI is InChI=1S/C18H13ClO5/c1-22-17(20)15-9-12-8-14(5-6-16(12)24-18(15)21)23-10-11-3-2-4-13(19)7-11/h2-9H,10H2,1H3. The first-order chi connectivity index (χ1) is 11.6. The lowest BCUT2D eigenvalue weighted by Crippen LogP contribution is -2.14. The van der Waals surface area contributed by atoms with E-state index in [2.05, 4.69) is 4.74 Å². The molecule has 0 fully saturated rings. The van der Waals surface area contributed by atoms with Crippen LogP contribution in [0.5, 0.6) is 5.75 Å². The van der Waals surface area contributed by atoms with Crippen molar-refractivity contribution in [3.05, 3.63) is 75.1 Å². The quantitative estimate of drug-likeness (QED) is 0.532. The number of esters is 1. The van der Waals surface area contributed by atoms with E-state index in [0.717, 1.165) is 5.56 Å². The molecule has 122 valence electrons. The van der Waals surface area contributed by atoms with Gasteiger partial charge >= 0.3 is 11.6 Å². The summed E-state index contributed by atoms with van der Waals surface area (Å²) in [6, 6.07) is 13.8. The number of benzene rings is 2. The molecule has 0 atom stereocenters. The van der Waals surface area contributed by atoms with E-state index in [4.69, 9.17) is 20.8 Å². The summed E-state index contributed by atoms with van der Waals surface area (Å²) in [5.41, 5.74) is 0.402. The van der Waals surface area contributed by atoms with Gasteiger partial charge in [0.25, 0.3) is 0 Å². The Balaban J connectivity index is 1.88. The summed E-state index contributed by atoms with van der Waals surface area (Å²) < 4.78 is 15.4. The minimum absolute atomic E-state index is 0.156. The first-order valence-electron chi connectivity index (χ1n) is 7.10. The van der Waals surface area contributed by atoms with Gasteiger partial charge in [0.05, 0.1) is 7.11 Å². The maximum Gasteiger partial charge on any atom is 0.351 e. The van der Waals surface area contributed by atoms with Crippen molar-refractivity contribution >= 4 is 28.5 Å². The van der Waals surface area contributed by atoms with E-state index in [1.807, 2.05) is 18.2 Å². The largest absolute Gasteiger partial charge is 0.489 e. The highest BCUT2D eigenvalue weighted by molar-refractivity contribution is 6.30. The molecular formula is C18H13ClO5. The van der Waals surface area contributed by atoms with E-state index < -0.39 is 11.6 Å². The van der Waals surface area contributed by atoms with Crippen molar-refractivity contribution in [1.82, 2.24) is 0 Å². The van der Waals surface area contributed by atoms with Gasteiger partial charge in [-0.15, -0.1) is 0 Å². The van der Waals surface area contributed by atoms with Crippen molar-refractivity contribution in [3.63, 3.8) is 0 Å². The van der Waals surface area contributed by atoms with Gasteiger partial charge in [-0.1, -0.05) is 23.7 Å². The number of halogens is 1. The summed E-state index contributed by atoms with van der Waals surface area (Å²) in [5, 5.41) is 1.21. The van der Waals surface area contributed by atoms with Crippen molar-refractivity contribution in [2.24, 2.45) is 0 Å². The van der Waals surface area contributed by atoms with Crippen LogP contribution in [0.4, 0.5) is 0 Å². The minimum atomic E-state index is -0.740. The molecule has 24 heavy (non-hydrogen) atoms. The molecule has 1 aromatic heterocycles. The molecule has 0 aliphatic heterocycles. The second-order valence-electron chi connectivity index (χ2n) is 5.06. The number of hydrogen-bond acceptors (Lipinski definition) is 5. The van der Waals surface area contributed by atoms with Crippen LogP contribution < -0.4 is 10.4 Å². The second-order valence-corrected chi connectivity index (χ2v) is 5.49. The number of hydrogen-bond donors (Lipinski definition) is 0. The third kappa shape index (κ3) is 3.41. The highest BCUT2D eigenvalue weighted by atomic mass is 35.5.